The first-order chi connectivity index (χ1) is 19.5. The number of imidazole rings is 1. The first kappa shape index (κ1) is 25.7. The van der Waals surface area contributed by atoms with Gasteiger partial charge in [0.2, 0.25) is 5.91 Å². The predicted octanol–water partition coefficient (Wildman–Crippen LogP) is 3.75. The van der Waals surface area contributed by atoms with Crippen molar-refractivity contribution in [3.63, 3.8) is 0 Å². The van der Waals surface area contributed by atoms with Gasteiger partial charge in [0, 0.05) is 31.1 Å². The summed E-state index contributed by atoms with van der Waals surface area (Å²) in [7, 11) is 0. The summed E-state index contributed by atoms with van der Waals surface area (Å²) in [6, 6.07) is 4.90. The molecule has 4 heterocycles. The molecule has 0 saturated carbocycles. The SMILES string of the molecule is C[C@@]1(c2cc(O)c(C#N)c(F)c2)C(=O)Nc2nc(-c3cn4ccnc4c(Cc4cc(F)cc(F)c4F)n3)nc(N)c21. The van der Waals surface area contributed by atoms with Gasteiger partial charge in [-0.3, -0.25) is 4.79 Å². The molecule has 41 heavy (non-hydrogen) atoms. The van der Waals surface area contributed by atoms with Crippen LogP contribution < -0.4 is 11.1 Å². The fraction of sp³-hybridized carbons (Fsp3) is 0.111. The topological polar surface area (TPSA) is 155 Å². The number of fused-ring (bicyclic) bond motifs is 2. The highest BCUT2D eigenvalue weighted by atomic mass is 19.2. The molecule has 0 fully saturated rings. The largest absolute Gasteiger partial charge is 0.506 e. The average Bonchev–Trinajstić information content (AvgIpc) is 3.49. The Morgan fingerprint density at radius 2 is 1.90 bits per heavy atom. The van der Waals surface area contributed by atoms with Crippen molar-refractivity contribution in [2.24, 2.45) is 0 Å². The van der Waals surface area contributed by atoms with Crippen LogP contribution in [0.5, 0.6) is 5.75 Å². The number of aromatic nitrogens is 5. The molecule has 204 valence electrons. The van der Waals surface area contributed by atoms with Crippen molar-refractivity contribution in [1.82, 2.24) is 24.3 Å². The third kappa shape index (κ3) is 3.89. The van der Waals surface area contributed by atoms with E-state index in [2.05, 4.69) is 25.3 Å². The normalized spacial score (nSPS) is 16.0. The Morgan fingerprint density at radius 3 is 2.63 bits per heavy atom. The molecule has 0 spiro atoms. The first-order valence-corrected chi connectivity index (χ1v) is 11.9. The maximum atomic E-state index is 14.5. The Balaban J connectivity index is 1.47. The summed E-state index contributed by atoms with van der Waals surface area (Å²) in [6.45, 7) is 1.44. The van der Waals surface area contributed by atoms with E-state index in [9.17, 15) is 27.5 Å². The number of carbonyl (C=O) groups excluding carboxylic acids is 1. The van der Waals surface area contributed by atoms with Crippen molar-refractivity contribution in [1.29, 1.82) is 5.26 Å². The fourth-order valence-corrected chi connectivity index (χ4v) is 4.93. The van der Waals surface area contributed by atoms with Crippen LogP contribution in [0, 0.1) is 34.6 Å². The lowest BCUT2D eigenvalue weighted by Crippen LogP contribution is -2.33. The van der Waals surface area contributed by atoms with Crippen LogP contribution in [0.3, 0.4) is 0 Å². The number of aromatic hydroxyl groups is 1. The maximum Gasteiger partial charge on any atom is 0.240 e. The number of rotatable bonds is 4. The van der Waals surface area contributed by atoms with Gasteiger partial charge in [-0.25, -0.2) is 37.5 Å². The second-order valence-electron chi connectivity index (χ2n) is 9.47. The van der Waals surface area contributed by atoms with Gasteiger partial charge in [-0.1, -0.05) is 0 Å². The van der Waals surface area contributed by atoms with E-state index in [1.807, 2.05) is 0 Å². The molecule has 14 heteroatoms. The number of benzene rings is 2. The van der Waals surface area contributed by atoms with E-state index in [-0.39, 0.29) is 57.6 Å². The fourth-order valence-electron chi connectivity index (χ4n) is 4.93. The molecule has 4 N–H and O–H groups in total. The Bertz CT molecular complexity index is 1960. The van der Waals surface area contributed by atoms with Crippen LogP contribution in [0.1, 0.15) is 34.9 Å². The third-order valence-corrected chi connectivity index (χ3v) is 6.98. The van der Waals surface area contributed by atoms with Crippen LogP contribution in [-0.4, -0.2) is 35.4 Å². The van der Waals surface area contributed by atoms with Gasteiger partial charge in [0.15, 0.2) is 23.1 Å². The van der Waals surface area contributed by atoms with Crippen molar-refractivity contribution in [2.75, 3.05) is 11.1 Å². The minimum Gasteiger partial charge on any atom is -0.506 e. The molecule has 1 amide bonds. The zero-order valence-electron chi connectivity index (χ0n) is 20.9. The van der Waals surface area contributed by atoms with E-state index in [1.54, 1.807) is 12.3 Å². The van der Waals surface area contributed by atoms with Crippen LogP contribution in [0.25, 0.3) is 17.2 Å². The predicted molar refractivity (Wildman–Crippen MR) is 135 cm³/mol. The van der Waals surface area contributed by atoms with Gasteiger partial charge in [-0.05, 0) is 36.2 Å². The summed E-state index contributed by atoms with van der Waals surface area (Å²) >= 11 is 0. The Kier molecular flexibility index (Phi) is 5.63. The van der Waals surface area contributed by atoms with Crippen LogP contribution in [0.2, 0.25) is 0 Å². The van der Waals surface area contributed by atoms with Gasteiger partial charge in [0.25, 0.3) is 0 Å². The lowest BCUT2D eigenvalue weighted by atomic mass is 9.77. The summed E-state index contributed by atoms with van der Waals surface area (Å²) in [5.41, 5.74) is 4.47. The minimum absolute atomic E-state index is 0.00317. The van der Waals surface area contributed by atoms with Crippen molar-refractivity contribution in [3.05, 3.63) is 94.1 Å². The van der Waals surface area contributed by atoms with Crippen molar-refractivity contribution in [3.8, 4) is 23.3 Å². The smallest absolute Gasteiger partial charge is 0.240 e. The summed E-state index contributed by atoms with van der Waals surface area (Å²) in [6.07, 6.45) is 4.19. The van der Waals surface area contributed by atoms with Crippen molar-refractivity contribution in [2.45, 2.75) is 18.8 Å². The molecule has 1 aliphatic heterocycles. The molecular weight excluding hydrogens is 544 g/mol. The van der Waals surface area contributed by atoms with Crippen molar-refractivity contribution >= 4 is 23.2 Å². The van der Waals surface area contributed by atoms with Gasteiger partial charge in [0.1, 0.15) is 51.8 Å². The molecular formula is C27H16F4N8O2. The average molecular weight is 560 g/mol. The zero-order chi connectivity index (χ0) is 29.2. The molecule has 0 radical (unpaired) electrons. The monoisotopic (exact) mass is 560 g/mol. The summed E-state index contributed by atoms with van der Waals surface area (Å²) in [5, 5.41) is 21.8. The van der Waals surface area contributed by atoms with Gasteiger partial charge in [0.05, 0.1) is 11.3 Å². The Labute approximate surface area is 227 Å². The first-order valence-electron chi connectivity index (χ1n) is 11.9. The van der Waals surface area contributed by atoms with Crippen molar-refractivity contribution < 1.29 is 27.5 Å². The van der Waals surface area contributed by atoms with E-state index in [0.29, 0.717) is 6.07 Å². The lowest BCUT2D eigenvalue weighted by molar-refractivity contribution is -0.119. The molecule has 0 aliphatic carbocycles. The molecule has 0 unspecified atom stereocenters. The van der Waals surface area contributed by atoms with Gasteiger partial charge in [-0.15, -0.1) is 0 Å². The number of hydrogen-bond donors (Lipinski definition) is 3. The van der Waals surface area contributed by atoms with Crippen LogP contribution >= 0.6 is 0 Å². The van der Waals surface area contributed by atoms with Crippen LogP contribution in [0.4, 0.5) is 29.2 Å². The molecule has 5 aromatic rings. The molecule has 10 nitrogen and oxygen atoms in total. The number of nitrogen functional groups attached to an aromatic ring is 1. The number of anilines is 2. The van der Waals surface area contributed by atoms with E-state index in [0.717, 1.165) is 18.2 Å². The lowest BCUT2D eigenvalue weighted by Gasteiger charge is -2.24. The number of hydrogen-bond acceptors (Lipinski definition) is 8. The van der Waals surface area contributed by atoms with E-state index >= 15 is 0 Å². The Hall–Kier alpha value is -5.58. The number of phenols is 1. The molecule has 0 saturated heterocycles. The second kappa shape index (κ2) is 8.98. The number of nitrogens with two attached hydrogens (primary N) is 1. The quantitative estimate of drug-likeness (QED) is 0.222. The van der Waals surface area contributed by atoms with E-state index < -0.39 is 45.9 Å². The summed E-state index contributed by atoms with van der Waals surface area (Å²) < 4.78 is 58.1. The number of halogens is 4. The van der Waals surface area contributed by atoms with E-state index in [1.165, 1.54) is 23.7 Å². The Morgan fingerprint density at radius 1 is 1.12 bits per heavy atom. The summed E-state index contributed by atoms with van der Waals surface area (Å²) in [4.78, 5) is 30.5. The molecule has 3 aromatic heterocycles. The highest BCUT2D eigenvalue weighted by Gasteiger charge is 2.48. The number of nitriles is 1. The minimum atomic E-state index is -1.63. The second-order valence-corrected chi connectivity index (χ2v) is 9.47. The molecule has 0 bridgehead atoms. The van der Waals surface area contributed by atoms with Crippen LogP contribution in [-0.2, 0) is 16.6 Å². The van der Waals surface area contributed by atoms with Gasteiger partial charge < -0.3 is 20.6 Å². The highest BCUT2D eigenvalue weighted by Crippen LogP contribution is 2.46. The zero-order valence-corrected chi connectivity index (χ0v) is 20.9. The highest BCUT2D eigenvalue weighted by molar-refractivity contribution is 6.09. The maximum absolute atomic E-state index is 14.5. The molecule has 2 aromatic carbocycles. The van der Waals surface area contributed by atoms with Gasteiger partial charge >= 0.3 is 0 Å². The molecule has 1 atom stereocenters. The number of phenolic OH excluding ortho intramolecular Hbond substituents is 1. The van der Waals surface area contributed by atoms with E-state index in [4.69, 9.17) is 11.0 Å². The summed E-state index contributed by atoms with van der Waals surface area (Å²) in [5.74, 6) is -6.08. The number of amides is 1. The van der Waals surface area contributed by atoms with Gasteiger partial charge in [-0.2, -0.15) is 5.26 Å². The number of nitrogens with one attached hydrogen (secondary N) is 1. The number of carbonyl (C=O) groups is 1. The molecule has 6 rings (SSSR count). The third-order valence-electron chi connectivity index (χ3n) is 6.98. The number of nitrogens with zero attached hydrogens (tertiary/aromatic N) is 6. The standard InChI is InChI=1S/C27H16F4N8O2/c1-27(12-6-15(29)14(9-32)19(40)7-12)20-22(33)36-23(37-24(20)38-26(27)41)18-10-39-3-2-34-25(39)17(35-18)5-11-4-13(28)8-16(30)21(11)31/h2-4,6-8,10,40H,5H2,1H3,(H3,33,36,37,38,41)/t27-/m0/s1. The molecule has 1 aliphatic rings. The van der Waals surface area contributed by atoms with Crippen LogP contribution in [0.15, 0.2) is 42.9 Å².